The van der Waals surface area contributed by atoms with Gasteiger partial charge in [0, 0.05) is 19.2 Å². The van der Waals surface area contributed by atoms with E-state index in [1.807, 2.05) is 35.2 Å². The summed E-state index contributed by atoms with van der Waals surface area (Å²) in [6.45, 7) is 1.23. The van der Waals surface area contributed by atoms with E-state index in [1.54, 1.807) is 41.2 Å². The number of carbonyl (C=O) groups excluding carboxylic acids is 1. The first-order chi connectivity index (χ1) is 16.0. The zero-order valence-electron chi connectivity index (χ0n) is 18.0. The van der Waals surface area contributed by atoms with E-state index in [2.05, 4.69) is 15.6 Å². The molecule has 2 atom stereocenters. The van der Waals surface area contributed by atoms with Crippen LogP contribution in [0, 0.1) is 0 Å². The van der Waals surface area contributed by atoms with Gasteiger partial charge >= 0.3 is 5.97 Å². The van der Waals surface area contributed by atoms with Crippen molar-refractivity contribution in [3.63, 3.8) is 0 Å². The van der Waals surface area contributed by atoms with Crippen molar-refractivity contribution in [3.05, 3.63) is 78.1 Å². The molecular formula is C24H26N6O3. The summed E-state index contributed by atoms with van der Waals surface area (Å²) in [5.41, 5.74) is 8.55. The molecule has 2 heterocycles. The quantitative estimate of drug-likeness (QED) is 0.358. The van der Waals surface area contributed by atoms with Gasteiger partial charge in [-0.05, 0) is 36.6 Å². The largest absolute Gasteiger partial charge is 0.480 e. The Kier molecular flexibility index (Phi) is 6.80. The summed E-state index contributed by atoms with van der Waals surface area (Å²) in [6.07, 6.45) is 5.88. The summed E-state index contributed by atoms with van der Waals surface area (Å²) in [5, 5.41) is 20.7. The van der Waals surface area contributed by atoms with Crippen molar-refractivity contribution in [2.24, 2.45) is 0 Å². The van der Waals surface area contributed by atoms with Gasteiger partial charge in [-0.3, -0.25) is 14.5 Å². The van der Waals surface area contributed by atoms with Crippen molar-refractivity contribution in [2.75, 3.05) is 24.1 Å². The lowest BCUT2D eigenvalue weighted by Crippen LogP contribution is -2.37. The Bertz CT molecular complexity index is 1140. The van der Waals surface area contributed by atoms with E-state index in [0.717, 1.165) is 6.42 Å². The van der Waals surface area contributed by atoms with Crippen LogP contribution in [0.1, 0.15) is 23.7 Å². The Morgan fingerprint density at radius 3 is 2.67 bits per heavy atom. The predicted octanol–water partition coefficient (Wildman–Crippen LogP) is 2.45. The third kappa shape index (κ3) is 5.64. The lowest BCUT2D eigenvalue weighted by atomic mass is 10.1. The van der Waals surface area contributed by atoms with Crippen molar-refractivity contribution >= 4 is 29.3 Å². The van der Waals surface area contributed by atoms with Crippen LogP contribution in [0.3, 0.4) is 0 Å². The van der Waals surface area contributed by atoms with Gasteiger partial charge in [-0.15, -0.1) is 5.10 Å². The van der Waals surface area contributed by atoms with Crippen LogP contribution in [0.25, 0.3) is 6.08 Å². The summed E-state index contributed by atoms with van der Waals surface area (Å²) < 4.78 is 1.69. The highest BCUT2D eigenvalue weighted by Crippen LogP contribution is 2.27. The first-order valence-electron chi connectivity index (χ1n) is 10.8. The molecule has 33 heavy (non-hydrogen) atoms. The van der Waals surface area contributed by atoms with Gasteiger partial charge in [-0.2, -0.15) is 0 Å². The smallest absolute Gasteiger partial charge is 0.321 e. The first-order valence-corrected chi connectivity index (χ1v) is 10.8. The van der Waals surface area contributed by atoms with E-state index < -0.39 is 12.0 Å². The molecule has 9 nitrogen and oxygen atoms in total. The molecule has 3 aromatic rings. The van der Waals surface area contributed by atoms with Gasteiger partial charge in [0.15, 0.2) is 0 Å². The van der Waals surface area contributed by atoms with E-state index in [-0.39, 0.29) is 11.9 Å². The van der Waals surface area contributed by atoms with E-state index >= 15 is 0 Å². The van der Waals surface area contributed by atoms with Crippen molar-refractivity contribution in [3.8, 4) is 0 Å². The number of aromatic nitrogens is 3. The molecule has 1 aromatic heterocycles. The van der Waals surface area contributed by atoms with Crippen molar-refractivity contribution in [1.29, 1.82) is 0 Å². The van der Waals surface area contributed by atoms with Gasteiger partial charge in [0.1, 0.15) is 11.7 Å². The highest BCUT2D eigenvalue weighted by molar-refractivity contribution is 6.03. The fourth-order valence-corrected chi connectivity index (χ4v) is 3.98. The lowest BCUT2D eigenvalue weighted by Gasteiger charge is -2.20. The monoisotopic (exact) mass is 446 g/mol. The van der Waals surface area contributed by atoms with Gasteiger partial charge in [0.05, 0.1) is 23.6 Å². The normalized spacial score (nSPS) is 18.5. The Labute approximate surface area is 191 Å². The van der Waals surface area contributed by atoms with Gasteiger partial charge in [0.25, 0.3) is 0 Å². The number of hydrogen-bond donors (Lipinski definition) is 3. The Hall–Kier alpha value is -3.98. The van der Waals surface area contributed by atoms with Crippen molar-refractivity contribution in [1.82, 2.24) is 19.9 Å². The van der Waals surface area contributed by atoms with Crippen LogP contribution in [-0.4, -0.2) is 56.0 Å². The standard InChI is InChI=1S/C24H26N6O3/c25-20-8-4-5-9-21(20)26-23(31)11-10-18-15-30(28-27-18)19-14-22(24(32)33)29(16-19)13-12-17-6-2-1-3-7-17/h1-11,15,19,22H,12-14,16,25H2,(H,26,31)(H,32,33)/b11-10+/t19-,22+/m1/s1. The Morgan fingerprint density at radius 2 is 1.91 bits per heavy atom. The number of nitrogens with two attached hydrogens (primary N) is 1. The number of hydrogen-bond acceptors (Lipinski definition) is 6. The second-order valence-corrected chi connectivity index (χ2v) is 8.01. The number of rotatable bonds is 8. The van der Waals surface area contributed by atoms with Crippen molar-refractivity contribution < 1.29 is 14.7 Å². The zero-order valence-corrected chi connectivity index (χ0v) is 18.0. The summed E-state index contributed by atoms with van der Waals surface area (Å²) >= 11 is 0. The van der Waals surface area contributed by atoms with Crippen molar-refractivity contribution in [2.45, 2.75) is 24.9 Å². The maximum atomic E-state index is 12.2. The number of amides is 1. The molecule has 0 spiro atoms. The fraction of sp³-hybridized carbons (Fsp3) is 0.250. The topological polar surface area (TPSA) is 126 Å². The fourth-order valence-electron chi connectivity index (χ4n) is 3.98. The van der Waals surface area contributed by atoms with Crippen LogP contribution >= 0.6 is 0 Å². The molecule has 0 radical (unpaired) electrons. The van der Waals surface area contributed by atoms with Crippen LogP contribution < -0.4 is 11.1 Å². The molecule has 170 valence electrons. The zero-order chi connectivity index (χ0) is 23.2. The summed E-state index contributed by atoms with van der Waals surface area (Å²) in [5.74, 6) is -1.16. The van der Waals surface area contributed by atoms with Crippen LogP contribution in [-0.2, 0) is 16.0 Å². The van der Waals surface area contributed by atoms with Gasteiger partial charge in [-0.25, -0.2) is 4.68 Å². The third-order valence-corrected chi connectivity index (χ3v) is 5.72. The van der Waals surface area contributed by atoms with Crippen LogP contribution in [0.15, 0.2) is 66.9 Å². The molecule has 0 aliphatic carbocycles. The average molecular weight is 447 g/mol. The highest BCUT2D eigenvalue weighted by atomic mass is 16.4. The van der Waals surface area contributed by atoms with E-state index in [1.165, 1.54) is 11.6 Å². The average Bonchev–Trinajstić information content (AvgIpc) is 3.46. The molecule has 1 aliphatic rings. The number of benzene rings is 2. The number of anilines is 2. The maximum Gasteiger partial charge on any atom is 0.321 e. The minimum atomic E-state index is -0.831. The predicted molar refractivity (Wildman–Crippen MR) is 125 cm³/mol. The summed E-state index contributed by atoms with van der Waals surface area (Å²) in [7, 11) is 0. The number of nitrogens with one attached hydrogen (secondary N) is 1. The van der Waals surface area contributed by atoms with E-state index in [9.17, 15) is 14.7 Å². The van der Waals surface area contributed by atoms with Crippen LogP contribution in [0.2, 0.25) is 0 Å². The first kappa shape index (κ1) is 22.2. The molecule has 1 saturated heterocycles. The van der Waals surface area contributed by atoms with Gasteiger partial charge in [0.2, 0.25) is 5.91 Å². The molecule has 4 rings (SSSR count). The van der Waals surface area contributed by atoms with Crippen LogP contribution in [0.4, 0.5) is 11.4 Å². The Balaban J connectivity index is 1.37. The molecule has 9 heteroatoms. The minimum Gasteiger partial charge on any atom is -0.480 e. The number of nitrogens with zero attached hydrogens (tertiary/aromatic N) is 4. The number of aliphatic carboxylic acids is 1. The molecule has 1 fully saturated rings. The molecule has 0 saturated carbocycles. The number of carbonyl (C=O) groups is 2. The molecule has 1 aliphatic heterocycles. The summed E-state index contributed by atoms with van der Waals surface area (Å²) in [4.78, 5) is 26.0. The molecule has 0 unspecified atom stereocenters. The van der Waals surface area contributed by atoms with Gasteiger partial charge in [-0.1, -0.05) is 47.7 Å². The third-order valence-electron chi connectivity index (χ3n) is 5.72. The molecule has 0 bridgehead atoms. The number of likely N-dealkylation sites (tertiary alicyclic amines) is 1. The lowest BCUT2D eigenvalue weighted by molar-refractivity contribution is -0.142. The SMILES string of the molecule is Nc1ccccc1NC(=O)/C=C/c1cn([C@@H]2C[C@@H](C(=O)O)N(CCc3ccccc3)C2)nn1. The second-order valence-electron chi connectivity index (χ2n) is 8.01. The highest BCUT2D eigenvalue weighted by Gasteiger charge is 2.37. The molecule has 2 aromatic carbocycles. The Morgan fingerprint density at radius 1 is 1.15 bits per heavy atom. The molecule has 4 N–H and O–H groups in total. The minimum absolute atomic E-state index is 0.102. The van der Waals surface area contributed by atoms with E-state index in [0.29, 0.717) is 36.6 Å². The van der Waals surface area contributed by atoms with E-state index in [4.69, 9.17) is 5.73 Å². The molecule has 1 amide bonds. The maximum absolute atomic E-state index is 12.2. The van der Waals surface area contributed by atoms with Crippen LogP contribution in [0.5, 0.6) is 0 Å². The number of carboxylic acid groups (broad SMARTS) is 1. The number of carboxylic acids is 1. The number of nitrogen functional groups attached to an aromatic ring is 1. The second kappa shape index (κ2) is 10.1. The molecular weight excluding hydrogens is 420 g/mol. The van der Waals surface area contributed by atoms with Gasteiger partial charge < -0.3 is 16.2 Å². The number of para-hydroxylation sites is 2. The summed E-state index contributed by atoms with van der Waals surface area (Å²) in [6, 6.07) is 16.4.